The molecule has 6 nitrogen and oxygen atoms in total. The fourth-order valence-electron chi connectivity index (χ4n) is 4.46. The van der Waals surface area contributed by atoms with E-state index >= 15 is 0 Å². The van der Waals surface area contributed by atoms with Crippen molar-refractivity contribution in [1.29, 1.82) is 0 Å². The van der Waals surface area contributed by atoms with Crippen LogP contribution in [0.3, 0.4) is 0 Å². The molecule has 2 aromatic carbocycles. The third kappa shape index (κ3) is 6.50. The molecule has 9 heteroatoms. The summed E-state index contributed by atoms with van der Waals surface area (Å²) in [6, 6.07) is 15.3. The van der Waals surface area contributed by atoms with Gasteiger partial charge in [0.05, 0.1) is 6.04 Å². The lowest BCUT2D eigenvalue weighted by atomic mass is 10.0. The average Bonchev–Trinajstić information content (AvgIpc) is 3.53. The van der Waals surface area contributed by atoms with Gasteiger partial charge in [-0.05, 0) is 78.1 Å². The standard InChI is InChI=1S/C27H28ClFN2O4S/c28-20-4-1-3-17(14-20)13-18-15-22(36-16-18)10-11-30-26(34)24(32)25(33)27(35)31-12-2-5-23(31)19-6-8-21(29)9-7-19/h1,3-4,6-9,14-16,23-25,32-33H,2,5,10-13H2,(H,30,34)/t23?,24-,25-/m1/s1. The monoisotopic (exact) mass is 530 g/mol. The highest BCUT2D eigenvalue weighted by Crippen LogP contribution is 2.32. The third-order valence-electron chi connectivity index (χ3n) is 6.29. The zero-order valence-electron chi connectivity index (χ0n) is 19.6. The summed E-state index contributed by atoms with van der Waals surface area (Å²) in [6.07, 6.45) is -1.08. The lowest BCUT2D eigenvalue weighted by Crippen LogP contribution is -2.50. The van der Waals surface area contributed by atoms with E-state index in [-0.39, 0.29) is 18.4 Å². The summed E-state index contributed by atoms with van der Waals surface area (Å²) < 4.78 is 13.3. The summed E-state index contributed by atoms with van der Waals surface area (Å²) in [4.78, 5) is 27.8. The minimum atomic E-state index is -1.88. The molecular weight excluding hydrogens is 503 g/mol. The number of carbonyl (C=O) groups excluding carboxylic acids is 2. The van der Waals surface area contributed by atoms with Crippen LogP contribution in [0.4, 0.5) is 4.39 Å². The lowest BCUT2D eigenvalue weighted by molar-refractivity contribution is -0.153. The van der Waals surface area contributed by atoms with E-state index in [0.29, 0.717) is 30.8 Å². The Labute approximate surface area is 218 Å². The van der Waals surface area contributed by atoms with Gasteiger partial charge in [0.1, 0.15) is 5.82 Å². The second-order valence-corrected chi connectivity index (χ2v) is 10.3. The summed E-state index contributed by atoms with van der Waals surface area (Å²) in [5.41, 5.74) is 3.01. The molecular formula is C27H28ClFN2O4S. The molecule has 0 aliphatic carbocycles. The second-order valence-electron chi connectivity index (χ2n) is 8.90. The maximum atomic E-state index is 13.3. The van der Waals surface area contributed by atoms with E-state index in [4.69, 9.17) is 11.6 Å². The normalized spacial score (nSPS) is 17.1. The fraction of sp³-hybridized carbons (Fsp3) is 0.333. The summed E-state index contributed by atoms with van der Waals surface area (Å²) >= 11 is 7.63. The number of halogens is 2. The highest BCUT2D eigenvalue weighted by molar-refractivity contribution is 7.10. The molecule has 0 spiro atoms. The van der Waals surface area contributed by atoms with Crippen LogP contribution in [-0.4, -0.2) is 52.2 Å². The van der Waals surface area contributed by atoms with Crippen LogP contribution in [0.1, 0.15) is 40.5 Å². The Morgan fingerprint density at radius 1 is 1.11 bits per heavy atom. The van der Waals surface area contributed by atoms with Crippen molar-refractivity contribution in [3.63, 3.8) is 0 Å². The van der Waals surface area contributed by atoms with Crippen LogP contribution < -0.4 is 5.32 Å². The van der Waals surface area contributed by atoms with Crippen molar-refractivity contribution >= 4 is 34.8 Å². The topological polar surface area (TPSA) is 89.9 Å². The molecule has 1 fully saturated rings. The number of amides is 2. The quantitative estimate of drug-likeness (QED) is 0.392. The molecule has 1 aliphatic rings. The number of aliphatic hydroxyl groups excluding tert-OH is 2. The molecule has 190 valence electrons. The van der Waals surface area contributed by atoms with Gasteiger partial charge in [-0.25, -0.2) is 4.39 Å². The molecule has 3 atom stereocenters. The first-order valence-electron chi connectivity index (χ1n) is 11.8. The molecule has 1 saturated heterocycles. The van der Waals surface area contributed by atoms with Crippen LogP contribution in [-0.2, 0) is 22.4 Å². The Kier molecular flexibility index (Phi) is 8.74. The van der Waals surface area contributed by atoms with Crippen molar-refractivity contribution in [3.05, 3.63) is 92.4 Å². The number of hydrogen-bond acceptors (Lipinski definition) is 5. The van der Waals surface area contributed by atoms with E-state index in [0.717, 1.165) is 28.0 Å². The minimum absolute atomic E-state index is 0.260. The predicted molar refractivity (Wildman–Crippen MR) is 137 cm³/mol. The van der Waals surface area contributed by atoms with Gasteiger partial charge in [0.25, 0.3) is 11.8 Å². The van der Waals surface area contributed by atoms with E-state index in [9.17, 15) is 24.2 Å². The van der Waals surface area contributed by atoms with Crippen molar-refractivity contribution in [3.8, 4) is 0 Å². The van der Waals surface area contributed by atoms with Gasteiger partial charge in [0.15, 0.2) is 12.2 Å². The van der Waals surface area contributed by atoms with Crippen molar-refractivity contribution in [1.82, 2.24) is 10.2 Å². The molecule has 3 N–H and O–H groups in total. The number of hydrogen-bond donors (Lipinski definition) is 3. The van der Waals surface area contributed by atoms with E-state index in [1.165, 1.54) is 17.0 Å². The number of aliphatic hydroxyl groups is 2. The third-order valence-corrected chi connectivity index (χ3v) is 7.57. The Morgan fingerprint density at radius 2 is 1.89 bits per heavy atom. The number of nitrogens with one attached hydrogen (secondary N) is 1. The molecule has 1 aromatic heterocycles. The lowest BCUT2D eigenvalue weighted by Gasteiger charge is -2.28. The highest BCUT2D eigenvalue weighted by atomic mass is 35.5. The molecule has 1 aliphatic heterocycles. The Bertz CT molecular complexity index is 1200. The van der Waals surface area contributed by atoms with Crippen molar-refractivity contribution in [2.24, 2.45) is 0 Å². The van der Waals surface area contributed by atoms with Crippen molar-refractivity contribution < 1.29 is 24.2 Å². The van der Waals surface area contributed by atoms with Gasteiger partial charge in [-0.1, -0.05) is 35.9 Å². The van der Waals surface area contributed by atoms with Gasteiger partial charge in [-0.2, -0.15) is 0 Å². The first kappa shape index (κ1) is 26.3. The van der Waals surface area contributed by atoms with Crippen molar-refractivity contribution in [2.75, 3.05) is 13.1 Å². The minimum Gasteiger partial charge on any atom is -0.380 e. The van der Waals surface area contributed by atoms with Gasteiger partial charge in [-0.3, -0.25) is 9.59 Å². The fourth-order valence-corrected chi connectivity index (χ4v) is 5.56. The smallest absolute Gasteiger partial charge is 0.255 e. The molecule has 3 aromatic rings. The molecule has 4 rings (SSSR count). The largest absolute Gasteiger partial charge is 0.380 e. The Balaban J connectivity index is 1.26. The number of carbonyl (C=O) groups is 2. The van der Waals surface area contributed by atoms with Gasteiger partial charge in [0, 0.05) is 23.0 Å². The highest BCUT2D eigenvalue weighted by Gasteiger charge is 2.38. The molecule has 1 unspecified atom stereocenters. The zero-order valence-corrected chi connectivity index (χ0v) is 21.1. The predicted octanol–water partition coefficient (Wildman–Crippen LogP) is 3.88. The zero-order chi connectivity index (χ0) is 25.7. The van der Waals surface area contributed by atoms with Crippen LogP contribution in [0.25, 0.3) is 0 Å². The maximum absolute atomic E-state index is 13.3. The Hall–Kier alpha value is -2.78. The molecule has 0 saturated carbocycles. The molecule has 2 amide bonds. The van der Waals surface area contributed by atoms with Gasteiger partial charge in [-0.15, -0.1) is 11.3 Å². The van der Waals surface area contributed by atoms with E-state index in [1.807, 2.05) is 24.3 Å². The Morgan fingerprint density at radius 3 is 2.64 bits per heavy atom. The van der Waals surface area contributed by atoms with E-state index in [2.05, 4.69) is 16.8 Å². The first-order valence-corrected chi connectivity index (χ1v) is 13.1. The van der Waals surface area contributed by atoms with Gasteiger partial charge in [0.2, 0.25) is 0 Å². The molecule has 2 heterocycles. The number of nitrogens with zero attached hydrogens (tertiary/aromatic N) is 1. The summed E-state index contributed by atoms with van der Waals surface area (Å²) in [7, 11) is 0. The molecule has 36 heavy (non-hydrogen) atoms. The molecule has 0 bridgehead atoms. The van der Waals surface area contributed by atoms with Crippen LogP contribution in [0.2, 0.25) is 5.02 Å². The summed E-state index contributed by atoms with van der Waals surface area (Å²) in [6.45, 7) is 0.651. The first-order chi connectivity index (χ1) is 17.3. The average molecular weight is 531 g/mol. The number of benzene rings is 2. The van der Waals surface area contributed by atoms with Crippen LogP contribution in [0.15, 0.2) is 60.0 Å². The summed E-state index contributed by atoms with van der Waals surface area (Å²) in [5, 5.41) is 26.1. The van der Waals surface area contributed by atoms with E-state index in [1.54, 1.807) is 23.5 Å². The van der Waals surface area contributed by atoms with Gasteiger partial charge >= 0.3 is 0 Å². The van der Waals surface area contributed by atoms with Gasteiger partial charge < -0.3 is 20.4 Å². The number of likely N-dealkylation sites (tertiary alicyclic amines) is 1. The van der Waals surface area contributed by atoms with Crippen molar-refractivity contribution in [2.45, 2.75) is 43.9 Å². The SMILES string of the molecule is O=C(NCCc1cc(Cc2cccc(Cl)c2)cs1)[C@H](O)[C@@H](O)C(=O)N1CCCC1c1ccc(F)cc1. The number of thiophene rings is 1. The van der Waals surface area contributed by atoms with Crippen LogP contribution in [0.5, 0.6) is 0 Å². The van der Waals surface area contributed by atoms with Crippen LogP contribution >= 0.6 is 22.9 Å². The van der Waals surface area contributed by atoms with Crippen LogP contribution in [0, 0.1) is 5.82 Å². The van der Waals surface area contributed by atoms with E-state index < -0.39 is 24.0 Å². The number of rotatable bonds is 9. The summed E-state index contributed by atoms with van der Waals surface area (Å²) in [5.74, 6) is -1.89. The molecule has 0 radical (unpaired) electrons. The second kappa shape index (κ2) is 12.0. The maximum Gasteiger partial charge on any atom is 0.255 e.